The van der Waals surface area contributed by atoms with Crippen LogP contribution in [0.25, 0.3) is 0 Å². The van der Waals surface area contributed by atoms with E-state index < -0.39 is 0 Å². The van der Waals surface area contributed by atoms with Crippen LogP contribution >= 0.6 is 0 Å². The fourth-order valence-corrected chi connectivity index (χ4v) is 1.49. The molecule has 1 rings (SSSR count). The summed E-state index contributed by atoms with van der Waals surface area (Å²) in [6, 6.07) is 0.793. The van der Waals surface area contributed by atoms with Gasteiger partial charge in [-0.25, -0.2) is 0 Å². The van der Waals surface area contributed by atoms with E-state index in [1.165, 1.54) is 32.2 Å². The smallest absolute Gasteiger partial charge is 0.00791 e. The molecule has 0 amide bonds. The minimum absolute atomic E-state index is 0.793. The van der Waals surface area contributed by atoms with Crippen LogP contribution in [0.5, 0.6) is 0 Å². The van der Waals surface area contributed by atoms with Crippen molar-refractivity contribution >= 4 is 0 Å². The highest BCUT2D eigenvalue weighted by Gasteiger charge is 2.10. The highest BCUT2D eigenvalue weighted by molar-refractivity contribution is 4.72. The van der Waals surface area contributed by atoms with Gasteiger partial charge < -0.3 is 16.0 Å². The lowest BCUT2D eigenvalue weighted by atomic mass is 10.0. The topological polar surface area (TPSA) is 36.1 Å². The Hall–Kier alpha value is -0.120. The molecule has 0 aliphatic carbocycles. The third-order valence-corrected chi connectivity index (χ3v) is 2.51. The second-order valence-electron chi connectivity index (χ2n) is 3.75. The van der Waals surface area contributed by atoms with E-state index in [0.29, 0.717) is 0 Å². The first kappa shape index (κ1) is 13.9. The Bertz CT molecular complexity index is 98.7. The Morgan fingerprint density at radius 1 is 1.21 bits per heavy atom. The van der Waals surface area contributed by atoms with Gasteiger partial charge in [0.2, 0.25) is 0 Å². The van der Waals surface area contributed by atoms with Gasteiger partial charge in [0.25, 0.3) is 0 Å². The monoisotopic (exact) mass is 201 g/mol. The predicted molar refractivity (Wildman–Crippen MR) is 63.8 cm³/mol. The molecular formula is C11H27N3. The van der Waals surface area contributed by atoms with Crippen molar-refractivity contribution in [2.24, 2.45) is 0 Å². The molecule has 0 bridgehead atoms. The van der Waals surface area contributed by atoms with Crippen molar-refractivity contribution in [2.45, 2.75) is 38.6 Å². The van der Waals surface area contributed by atoms with E-state index in [4.69, 9.17) is 0 Å². The lowest BCUT2D eigenvalue weighted by Gasteiger charge is -2.22. The number of piperidine rings is 1. The molecule has 3 nitrogen and oxygen atoms in total. The molecule has 86 valence electrons. The molecule has 14 heavy (non-hydrogen) atoms. The van der Waals surface area contributed by atoms with Gasteiger partial charge in [-0.05, 0) is 53.0 Å². The summed E-state index contributed by atoms with van der Waals surface area (Å²) in [6.07, 6.45) is 5.45. The van der Waals surface area contributed by atoms with E-state index >= 15 is 0 Å². The molecule has 1 heterocycles. The van der Waals surface area contributed by atoms with Crippen LogP contribution in [0.4, 0.5) is 0 Å². The van der Waals surface area contributed by atoms with E-state index in [-0.39, 0.29) is 0 Å². The van der Waals surface area contributed by atoms with Gasteiger partial charge in [-0.15, -0.1) is 0 Å². The second-order valence-corrected chi connectivity index (χ2v) is 3.75. The van der Waals surface area contributed by atoms with E-state index in [1.807, 2.05) is 14.1 Å². The normalized spacial score (nSPS) is 21.2. The highest BCUT2D eigenvalue weighted by Crippen LogP contribution is 2.08. The van der Waals surface area contributed by atoms with Gasteiger partial charge >= 0.3 is 0 Å². The summed E-state index contributed by atoms with van der Waals surface area (Å²) in [4.78, 5) is 0. The number of hydrogen-bond acceptors (Lipinski definition) is 3. The van der Waals surface area contributed by atoms with Crippen LogP contribution in [0, 0.1) is 0 Å². The molecule has 0 spiro atoms. The first-order chi connectivity index (χ1) is 6.85. The third-order valence-electron chi connectivity index (χ3n) is 2.51. The van der Waals surface area contributed by atoms with Gasteiger partial charge in [0.05, 0.1) is 0 Å². The van der Waals surface area contributed by atoms with Crippen molar-refractivity contribution in [3.05, 3.63) is 0 Å². The van der Waals surface area contributed by atoms with Crippen LogP contribution in [0.15, 0.2) is 0 Å². The molecule has 1 fully saturated rings. The second kappa shape index (κ2) is 11.0. The molecule has 0 aromatic heterocycles. The maximum absolute atomic E-state index is 3.51. The molecule has 3 N–H and O–H groups in total. The molecule has 0 aromatic rings. The minimum atomic E-state index is 0.793. The van der Waals surface area contributed by atoms with Gasteiger partial charge in [0, 0.05) is 6.04 Å². The van der Waals surface area contributed by atoms with E-state index in [1.54, 1.807) is 0 Å². The van der Waals surface area contributed by atoms with Gasteiger partial charge in [0.1, 0.15) is 0 Å². The zero-order chi connectivity index (χ0) is 10.6. The quantitative estimate of drug-likeness (QED) is 0.634. The summed E-state index contributed by atoms with van der Waals surface area (Å²) >= 11 is 0. The fraction of sp³-hybridized carbons (Fsp3) is 1.00. The molecule has 1 aliphatic heterocycles. The van der Waals surface area contributed by atoms with Crippen molar-refractivity contribution in [3.63, 3.8) is 0 Å². The zero-order valence-electron chi connectivity index (χ0n) is 10.0. The third kappa shape index (κ3) is 8.48. The minimum Gasteiger partial charge on any atom is -0.320 e. The summed E-state index contributed by atoms with van der Waals surface area (Å²) in [5, 5.41) is 9.62. The molecule has 3 heteroatoms. The van der Waals surface area contributed by atoms with Crippen molar-refractivity contribution in [1.82, 2.24) is 16.0 Å². The SMILES string of the molecule is CCNC.CNCCC1CCCCN1. The first-order valence-corrected chi connectivity index (χ1v) is 5.87. The highest BCUT2D eigenvalue weighted by atomic mass is 14.9. The van der Waals surface area contributed by atoms with Crippen LogP contribution < -0.4 is 16.0 Å². The standard InChI is InChI=1S/C8H18N2.C3H9N/c1-9-7-5-8-4-2-3-6-10-8;1-3-4-2/h8-10H,2-7H2,1H3;4H,3H2,1-2H3. The summed E-state index contributed by atoms with van der Waals surface area (Å²) in [5.41, 5.74) is 0. The average Bonchev–Trinajstić information content (AvgIpc) is 2.28. The first-order valence-electron chi connectivity index (χ1n) is 5.87. The Kier molecular flexibility index (Phi) is 10.9. The van der Waals surface area contributed by atoms with E-state index in [0.717, 1.165) is 19.1 Å². The van der Waals surface area contributed by atoms with E-state index in [2.05, 4.69) is 22.9 Å². The largest absolute Gasteiger partial charge is 0.320 e. The number of nitrogens with one attached hydrogen (secondary N) is 3. The van der Waals surface area contributed by atoms with Crippen LogP contribution in [0.2, 0.25) is 0 Å². The van der Waals surface area contributed by atoms with Crippen LogP contribution in [0.3, 0.4) is 0 Å². The summed E-state index contributed by atoms with van der Waals surface area (Å²) in [7, 11) is 3.95. The number of hydrogen-bond donors (Lipinski definition) is 3. The van der Waals surface area contributed by atoms with Crippen molar-refractivity contribution < 1.29 is 0 Å². The molecular weight excluding hydrogens is 174 g/mol. The van der Waals surface area contributed by atoms with Gasteiger partial charge in [-0.1, -0.05) is 13.3 Å². The van der Waals surface area contributed by atoms with Crippen molar-refractivity contribution in [2.75, 3.05) is 33.7 Å². The van der Waals surface area contributed by atoms with Gasteiger partial charge in [-0.2, -0.15) is 0 Å². The summed E-state index contributed by atoms with van der Waals surface area (Å²) in [6.45, 7) is 5.52. The lowest BCUT2D eigenvalue weighted by Crippen LogP contribution is -2.35. The molecule has 0 aromatic carbocycles. The maximum Gasteiger partial charge on any atom is 0.00791 e. The molecule has 0 saturated carbocycles. The van der Waals surface area contributed by atoms with Crippen molar-refractivity contribution in [1.29, 1.82) is 0 Å². The van der Waals surface area contributed by atoms with Crippen LogP contribution in [-0.4, -0.2) is 39.8 Å². The molecule has 0 radical (unpaired) electrons. The van der Waals surface area contributed by atoms with Crippen molar-refractivity contribution in [3.8, 4) is 0 Å². The fourth-order valence-electron chi connectivity index (χ4n) is 1.49. The molecule has 1 atom stereocenters. The molecule has 1 aliphatic rings. The van der Waals surface area contributed by atoms with Crippen LogP contribution in [-0.2, 0) is 0 Å². The predicted octanol–water partition coefficient (Wildman–Crippen LogP) is 0.964. The maximum atomic E-state index is 3.51. The Labute approximate surface area is 89.0 Å². The number of rotatable bonds is 4. The Morgan fingerprint density at radius 3 is 2.36 bits per heavy atom. The molecule has 1 saturated heterocycles. The van der Waals surface area contributed by atoms with Gasteiger partial charge in [-0.3, -0.25) is 0 Å². The Balaban J connectivity index is 0.000000364. The average molecular weight is 201 g/mol. The summed E-state index contributed by atoms with van der Waals surface area (Å²) < 4.78 is 0. The molecule has 1 unspecified atom stereocenters. The summed E-state index contributed by atoms with van der Waals surface area (Å²) in [5.74, 6) is 0. The Morgan fingerprint density at radius 2 is 1.93 bits per heavy atom. The van der Waals surface area contributed by atoms with Gasteiger partial charge in [0.15, 0.2) is 0 Å². The lowest BCUT2D eigenvalue weighted by molar-refractivity contribution is 0.380. The van der Waals surface area contributed by atoms with Crippen LogP contribution in [0.1, 0.15) is 32.6 Å². The van der Waals surface area contributed by atoms with E-state index in [9.17, 15) is 0 Å². The zero-order valence-corrected chi connectivity index (χ0v) is 10.0.